The molecule has 0 bridgehead atoms. The van der Waals surface area contributed by atoms with Gasteiger partial charge >= 0.3 is 5.97 Å². The van der Waals surface area contributed by atoms with Crippen LogP contribution in [-0.2, 0) is 9.59 Å². The highest BCUT2D eigenvalue weighted by atomic mass is 16.4. The van der Waals surface area contributed by atoms with Crippen molar-refractivity contribution in [3.63, 3.8) is 0 Å². The van der Waals surface area contributed by atoms with Gasteiger partial charge in [0.05, 0.1) is 5.92 Å². The first kappa shape index (κ1) is 16.9. The predicted octanol–water partition coefficient (Wildman–Crippen LogP) is 3.36. The van der Waals surface area contributed by atoms with Crippen LogP contribution in [0.15, 0.2) is 54.6 Å². The summed E-state index contributed by atoms with van der Waals surface area (Å²) in [6, 6.07) is 15.8. The molecule has 2 aromatic carbocycles. The van der Waals surface area contributed by atoms with E-state index < -0.39 is 11.9 Å². The number of carboxylic acids is 1. The lowest BCUT2D eigenvalue weighted by molar-refractivity contribution is -0.141. The predicted molar refractivity (Wildman–Crippen MR) is 93.4 cm³/mol. The van der Waals surface area contributed by atoms with Gasteiger partial charge in [-0.1, -0.05) is 42.5 Å². The van der Waals surface area contributed by atoms with Crippen molar-refractivity contribution in [3.8, 4) is 0 Å². The van der Waals surface area contributed by atoms with E-state index in [4.69, 9.17) is 5.11 Å². The number of carbonyl (C=O) groups is 3. The van der Waals surface area contributed by atoms with E-state index in [9.17, 15) is 14.4 Å². The molecule has 5 heteroatoms. The number of aliphatic carboxylic acids is 1. The van der Waals surface area contributed by atoms with Gasteiger partial charge in [0.25, 0.3) is 0 Å². The second-order valence-electron chi connectivity index (χ2n) is 6.31. The first-order valence-corrected chi connectivity index (χ1v) is 8.28. The van der Waals surface area contributed by atoms with Crippen molar-refractivity contribution in [1.82, 2.24) is 0 Å². The summed E-state index contributed by atoms with van der Waals surface area (Å²) in [5.74, 6) is -1.88. The smallest absolute Gasteiger partial charge is 0.306 e. The Hall–Kier alpha value is -2.95. The van der Waals surface area contributed by atoms with Crippen LogP contribution < -0.4 is 5.32 Å². The van der Waals surface area contributed by atoms with E-state index in [1.54, 1.807) is 48.5 Å². The van der Waals surface area contributed by atoms with Gasteiger partial charge in [0.1, 0.15) is 0 Å². The fourth-order valence-corrected chi connectivity index (χ4v) is 3.18. The Morgan fingerprint density at radius 2 is 1.56 bits per heavy atom. The summed E-state index contributed by atoms with van der Waals surface area (Å²) < 4.78 is 0. The molecule has 2 aromatic rings. The Morgan fingerprint density at radius 1 is 0.880 bits per heavy atom. The third-order valence-electron chi connectivity index (χ3n) is 4.58. The van der Waals surface area contributed by atoms with Crippen molar-refractivity contribution in [3.05, 3.63) is 65.7 Å². The van der Waals surface area contributed by atoms with Crippen molar-refractivity contribution in [2.45, 2.75) is 19.3 Å². The van der Waals surface area contributed by atoms with Crippen molar-refractivity contribution < 1.29 is 19.5 Å². The molecule has 0 saturated heterocycles. The highest BCUT2D eigenvalue weighted by Crippen LogP contribution is 2.32. The number of hydrogen-bond donors (Lipinski definition) is 2. The quantitative estimate of drug-likeness (QED) is 0.820. The molecule has 5 nitrogen and oxygen atoms in total. The summed E-state index contributed by atoms with van der Waals surface area (Å²) in [6.45, 7) is 0. The molecule has 1 saturated carbocycles. The minimum atomic E-state index is -0.842. The number of benzene rings is 2. The molecule has 25 heavy (non-hydrogen) atoms. The van der Waals surface area contributed by atoms with Gasteiger partial charge in [-0.3, -0.25) is 14.4 Å². The molecular formula is C20H19NO4. The van der Waals surface area contributed by atoms with Crippen LogP contribution in [0, 0.1) is 11.8 Å². The third-order valence-corrected chi connectivity index (χ3v) is 4.58. The second kappa shape index (κ2) is 7.30. The van der Waals surface area contributed by atoms with E-state index in [1.165, 1.54) is 0 Å². The third kappa shape index (κ3) is 3.94. The molecule has 0 unspecified atom stereocenters. The highest BCUT2D eigenvalue weighted by Gasteiger charge is 2.33. The number of nitrogens with one attached hydrogen (secondary N) is 1. The Labute approximate surface area is 145 Å². The maximum absolute atomic E-state index is 12.5. The minimum absolute atomic E-state index is 0.108. The summed E-state index contributed by atoms with van der Waals surface area (Å²) >= 11 is 0. The molecule has 128 valence electrons. The lowest BCUT2D eigenvalue weighted by Gasteiger charge is -2.11. The molecular weight excluding hydrogens is 318 g/mol. The Kier molecular flexibility index (Phi) is 4.93. The number of amides is 1. The van der Waals surface area contributed by atoms with E-state index in [1.807, 2.05) is 6.07 Å². The Morgan fingerprint density at radius 3 is 2.24 bits per heavy atom. The van der Waals surface area contributed by atoms with Crippen molar-refractivity contribution >= 4 is 23.3 Å². The summed E-state index contributed by atoms with van der Waals surface area (Å²) in [4.78, 5) is 35.8. The van der Waals surface area contributed by atoms with E-state index in [-0.39, 0.29) is 17.6 Å². The first-order valence-electron chi connectivity index (χ1n) is 8.28. The first-order chi connectivity index (χ1) is 12.0. The molecule has 1 amide bonds. The van der Waals surface area contributed by atoms with Gasteiger partial charge < -0.3 is 10.4 Å². The number of rotatable bonds is 5. The monoisotopic (exact) mass is 337 g/mol. The topological polar surface area (TPSA) is 83.5 Å². The van der Waals surface area contributed by atoms with Gasteiger partial charge in [-0.25, -0.2) is 0 Å². The normalized spacial score (nSPS) is 19.4. The maximum Gasteiger partial charge on any atom is 0.306 e. The Balaban J connectivity index is 1.69. The molecule has 0 heterocycles. The highest BCUT2D eigenvalue weighted by molar-refractivity contribution is 6.09. The van der Waals surface area contributed by atoms with Gasteiger partial charge in [0.15, 0.2) is 5.78 Å². The average Bonchev–Trinajstić information content (AvgIpc) is 3.13. The van der Waals surface area contributed by atoms with Crippen molar-refractivity contribution in [2.24, 2.45) is 11.8 Å². The van der Waals surface area contributed by atoms with Crippen LogP contribution in [0.2, 0.25) is 0 Å². The molecule has 0 radical (unpaired) electrons. The molecule has 0 aromatic heterocycles. The van der Waals surface area contributed by atoms with Crippen LogP contribution in [0.25, 0.3) is 0 Å². The van der Waals surface area contributed by atoms with Crippen LogP contribution in [0.1, 0.15) is 35.2 Å². The molecule has 3 rings (SSSR count). The molecule has 2 atom stereocenters. The van der Waals surface area contributed by atoms with Crippen molar-refractivity contribution in [2.75, 3.05) is 5.32 Å². The summed E-state index contributed by atoms with van der Waals surface area (Å²) in [5.41, 5.74) is 1.63. The Bertz CT molecular complexity index is 800. The van der Waals surface area contributed by atoms with Crippen LogP contribution in [0.3, 0.4) is 0 Å². The van der Waals surface area contributed by atoms with Gasteiger partial charge in [-0.15, -0.1) is 0 Å². The molecule has 2 N–H and O–H groups in total. The zero-order valence-corrected chi connectivity index (χ0v) is 13.6. The second-order valence-corrected chi connectivity index (χ2v) is 6.31. The van der Waals surface area contributed by atoms with Gasteiger partial charge in [0, 0.05) is 22.7 Å². The number of hydrogen-bond acceptors (Lipinski definition) is 3. The van der Waals surface area contributed by atoms with Crippen LogP contribution in [0.5, 0.6) is 0 Å². The number of ketones is 1. The zero-order valence-electron chi connectivity index (χ0n) is 13.6. The standard InChI is InChI=1S/C20H19NO4/c22-18(13-5-2-1-3-6-13)14-7-4-8-17(12-14)21-19(23)15-9-10-16(11-15)20(24)25/h1-8,12,15-16H,9-11H2,(H,21,23)(H,24,25)/t15-,16+/m0/s1. The van der Waals surface area contributed by atoms with Gasteiger partial charge in [-0.05, 0) is 31.4 Å². The molecule has 0 spiro atoms. The number of carbonyl (C=O) groups excluding carboxylic acids is 2. The molecule has 1 aliphatic rings. The SMILES string of the molecule is O=C(c1ccccc1)c1cccc(NC(=O)[C@H]2CC[C@@H](C(=O)O)C2)c1. The van der Waals surface area contributed by atoms with Gasteiger partial charge in [-0.2, -0.15) is 0 Å². The fraction of sp³-hybridized carbons (Fsp3) is 0.250. The van der Waals surface area contributed by atoms with E-state index in [2.05, 4.69) is 5.32 Å². The lowest BCUT2D eigenvalue weighted by Crippen LogP contribution is -2.21. The summed E-state index contributed by atoms with van der Waals surface area (Å²) in [6.07, 6.45) is 1.47. The summed E-state index contributed by atoms with van der Waals surface area (Å²) in [7, 11) is 0. The average molecular weight is 337 g/mol. The summed E-state index contributed by atoms with van der Waals surface area (Å²) in [5, 5.41) is 11.8. The van der Waals surface area contributed by atoms with Crippen LogP contribution in [-0.4, -0.2) is 22.8 Å². The van der Waals surface area contributed by atoms with Crippen LogP contribution in [0.4, 0.5) is 5.69 Å². The molecule has 1 aliphatic carbocycles. The maximum atomic E-state index is 12.5. The number of carboxylic acid groups (broad SMARTS) is 1. The van der Waals surface area contributed by atoms with E-state index in [0.29, 0.717) is 36.1 Å². The van der Waals surface area contributed by atoms with Crippen molar-refractivity contribution in [1.29, 1.82) is 0 Å². The molecule has 1 fully saturated rings. The lowest BCUT2D eigenvalue weighted by atomic mass is 10.0. The number of anilines is 1. The van der Waals surface area contributed by atoms with Gasteiger partial charge in [0.2, 0.25) is 5.91 Å². The molecule has 0 aliphatic heterocycles. The van der Waals surface area contributed by atoms with Crippen LogP contribution >= 0.6 is 0 Å². The van der Waals surface area contributed by atoms with E-state index in [0.717, 1.165) is 0 Å². The minimum Gasteiger partial charge on any atom is -0.481 e. The largest absolute Gasteiger partial charge is 0.481 e. The van der Waals surface area contributed by atoms with E-state index >= 15 is 0 Å². The zero-order chi connectivity index (χ0) is 17.8. The fourth-order valence-electron chi connectivity index (χ4n) is 3.18.